The molecule has 164 valence electrons. The number of unbranched alkanes of at least 4 members (excludes halogenated alkanes) is 2. The van der Waals surface area contributed by atoms with Crippen molar-refractivity contribution in [3.8, 4) is 5.75 Å². The van der Waals surface area contributed by atoms with Crippen LogP contribution >= 0.6 is 0 Å². The number of anilines is 1. The van der Waals surface area contributed by atoms with E-state index in [4.69, 9.17) is 4.74 Å². The van der Waals surface area contributed by atoms with E-state index in [1.165, 1.54) is 11.4 Å². The van der Waals surface area contributed by atoms with Gasteiger partial charge in [0.2, 0.25) is 0 Å². The first-order valence-corrected chi connectivity index (χ1v) is 11.8. The Morgan fingerprint density at radius 2 is 1.68 bits per heavy atom. The van der Waals surface area contributed by atoms with Crippen LogP contribution in [0.25, 0.3) is 10.8 Å². The number of fused-ring (bicyclic) bond motifs is 1. The molecule has 6 nitrogen and oxygen atoms in total. The van der Waals surface area contributed by atoms with E-state index in [0.717, 1.165) is 30.0 Å². The smallest absolute Gasteiger partial charge is 0.264 e. The molecule has 0 heterocycles. The molecule has 0 radical (unpaired) electrons. The molecular formula is C24H28N2O4S. The summed E-state index contributed by atoms with van der Waals surface area (Å²) >= 11 is 0. The highest BCUT2D eigenvalue weighted by Crippen LogP contribution is 2.26. The Morgan fingerprint density at radius 3 is 2.39 bits per heavy atom. The number of benzene rings is 3. The van der Waals surface area contributed by atoms with Crippen LogP contribution in [0.1, 0.15) is 26.2 Å². The number of sulfonamides is 1. The molecule has 7 heteroatoms. The zero-order valence-corrected chi connectivity index (χ0v) is 18.7. The van der Waals surface area contributed by atoms with Gasteiger partial charge in [0, 0.05) is 13.6 Å². The first kappa shape index (κ1) is 22.6. The summed E-state index contributed by atoms with van der Waals surface area (Å²) < 4.78 is 32.9. The van der Waals surface area contributed by atoms with Crippen LogP contribution in [0, 0.1) is 0 Å². The number of rotatable bonds is 10. The van der Waals surface area contributed by atoms with Crippen LogP contribution in [0.15, 0.2) is 71.6 Å². The molecule has 3 rings (SSSR count). The summed E-state index contributed by atoms with van der Waals surface area (Å²) in [7, 11) is -2.19. The van der Waals surface area contributed by atoms with E-state index in [1.807, 2.05) is 24.3 Å². The van der Waals surface area contributed by atoms with E-state index in [2.05, 4.69) is 12.2 Å². The summed E-state index contributed by atoms with van der Waals surface area (Å²) in [5.74, 6) is 0.333. The van der Waals surface area contributed by atoms with Gasteiger partial charge in [-0.25, -0.2) is 8.42 Å². The van der Waals surface area contributed by atoms with Crippen LogP contribution in [0.2, 0.25) is 0 Å². The third-order valence-electron chi connectivity index (χ3n) is 5.05. The Balaban J connectivity index is 1.63. The first-order chi connectivity index (χ1) is 14.9. The van der Waals surface area contributed by atoms with Crippen molar-refractivity contribution in [1.29, 1.82) is 0 Å². The molecule has 0 saturated heterocycles. The molecule has 1 N–H and O–H groups in total. The number of hydrogen-bond donors (Lipinski definition) is 1. The number of nitrogens with one attached hydrogen (secondary N) is 1. The number of hydrogen-bond acceptors (Lipinski definition) is 4. The monoisotopic (exact) mass is 440 g/mol. The third-order valence-corrected chi connectivity index (χ3v) is 6.83. The highest BCUT2D eigenvalue weighted by Gasteiger charge is 2.21. The number of nitrogens with zero attached hydrogens (tertiary/aromatic N) is 1. The topological polar surface area (TPSA) is 75.7 Å². The molecule has 31 heavy (non-hydrogen) atoms. The van der Waals surface area contributed by atoms with Crippen LogP contribution in [0.3, 0.4) is 0 Å². The van der Waals surface area contributed by atoms with Crippen LogP contribution in [0.5, 0.6) is 5.75 Å². The van der Waals surface area contributed by atoms with Gasteiger partial charge in [0.15, 0.2) is 6.61 Å². The molecule has 0 spiro atoms. The fraction of sp³-hybridized carbons (Fsp3) is 0.292. The molecule has 0 aliphatic heterocycles. The summed E-state index contributed by atoms with van der Waals surface area (Å²) in [6.45, 7) is 2.68. The minimum absolute atomic E-state index is 0.0727. The van der Waals surface area contributed by atoms with Crippen molar-refractivity contribution in [2.75, 3.05) is 24.5 Å². The first-order valence-electron chi connectivity index (χ1n) is 10.4. The molecule has 0 unspecified atom stereocenters. The molecule has 1 amide bonds. The van der Waals surface area contributed by atoms with Crippen molar-refractivity contribution in [1.82, 2.24) is 5.32 Å². The lowest BCUT2D eigenvalue weighted by atomic mass is 10.1. The van der Waals surface area contributed by atoms with Gasteiger partial charge in [0.25, 0.3) is 15.9 Å². The van der Waals surface area contributed by atoms with Gasteiger partial charge in [-0.2, -0.15) is 0 Å². The van der Waals surface area contributed by atoms with Crippen LogP contribution in [-0.4, -0.2) is 34.5 Å². The number of amides is 1. The molecule has 0 atom stereocenters. The quantitative estimate of drug-likeness (QED) is 0.476. The van der Waals surface area contributed by atoms with Gasteiger partial charge in [-0.05, 0) is 53.6 Å². The highest BCUT2D eigenvalue weighted by molar-refractivity contribution is 7.92. The lowest BCUT2D eigenvalue weighted by Gasteiger charge is -2.20. The lowest BCUT2D eigenvalue weighted by Crippen LogP contribution is -2.29. The van der Waals surface area contributed by atoms with Gasteiger partial charge in [-0.3, -0.25) is 9.10 Å². The van der Waals surface area contributed by atoms with Crippen molar-refractivity contribution in [3.05, 3.63) is 66.7 Å². The summed E-state index contributed by atoms with van der Waals surface area (Å²) in [6.07, 6.45) is 3.14. The Bertz CT molecular complexity index is 1130. The predicted molar refractivity (Wildman–Crippen MR) is 124 cm³/mol. The van der Waals surface area contributed by atoms with Gasteiger partial charge < -0.3 is 10.1 Å². The fourth-order valence-electron chi connectivity index (χ4n) is 3.18. The van der Waals surface area contributed by atoms with E-state index < -0.39 is 10.0 Å². The highest BCUT2D eigenvalue weighted by atomic mass is 32.2. The van der Waals surface area contributed by atoms with Gasteiger partial charge in [-0.1, -0.05) is 50.1 Å². The van der Waals surface area contributed by atoms with Crippen molar-refractivity contribution in [2.24, 2.45) is 0 Å². The van der Waals surface area contributed by atoms with Crippen molar-refractivity contribution in [3.63, 3.8) is 0 Å². The normalized spacial score (nSPS) is 11.3. The zero-order chi connectivity index (χ0) is 22.3. The SMILES string of the molecule is CCCCCNC(=O)COc1ccc(N(C)S(=O)(=O)c2ccc3ccccc3c2)cc1. The molecular weight excluding hydrogens is 412 g/mol. The molecule has 0 aliphatic carbocycles. The molecule has 3 aromatic rings. The Hall–Kier alpha value is -3.06. The largest absolute Gasteiger partial charge is 0.484 e. The maximum atomic E-state index is 13.1. The third kappa shape index (κ3) is 5.76. The van der Waals surface area contributed by atoms with E-state index >= 15 is 0 Å². The van der Waals surface area contributed by atoms with Gasteiger partial charge >= 0.3 is 0 Å². The maximum absolute atomic E-state index is 13.1. The average molecular weight is 441 g/mol. The Kier molecular flexibility index (Phi) is 7.52. The second-order valence-corrected chi connectivity index (χ2v) is 9.29. The van der Waals surface area contributed by atoms with Crippen LogP contribution < -0.4 is 14.4 Å². The molecule has 0 fully saturated rings. The second kappa shape index (κ2) is 10.3. The molecule has 3 aromatic carbocycles. The number of carbonyl (C=O) groups is 1. The number of carbonyl (C=O) groups excluding carboxylic acids is 1. The van der Waals surface area contributed by atoms with Crippen LogP contribution in [0.4, 0.5) is 5.69 Å². The summed E-state index contributed by atoms with van der Waals surface area (Å²) in [4.78, 5) is 12.0. The van der Waals surface area contributed by atoms with Crippen molar-refractivity contribution in [2.45, 2.75) is 31.1 Å². The zero-order valence-electron chi connectivity index (χ0n) is 17.9. The van der Waals surface area contributed by atoms with E-state index in [1.54, 1.807) is 42.5 Å². The summed E-state index contributed by atoms with van der Waals surface area (Å²) in [5.41, 5.74) is 0.504. The fourth-order valence-corrected chi connectivity index (χ4v) is 4.41. The van der Waals surface area contributed by atoms with Crippen LogP contribution in [-0.2, 0) is 14.8 Å². The maximum Gasteiger partial charge on any atom is 0.264 e. The molecule has 0 bridgehead atoms. The average Bonchev–Trinajstić information content (AvgIpc) is 2.80. The second-order valence-electron chi connectivity index (χ2n) is 7.32. The predicted octanol–water partition coefficient (Wildman–Crippen LogP) is 4.35. The minimum atomic E-state index is -3.71. The Labute approximate surface area is 183 Å². The van der Waals surface area contributed by atoms with E-state index in [0.29, 0.717) is 18.0 Å². The van der Waals surface area contributed by atoms with E-state index in [9.17, 15) is 13.2 Å². The van der Waals surface area contributed by atoms with Crippen molar-refractivity contribution >= 4 is 32.4 Å². The Morgan fingerprint density at radius 1 is 0.968 bits per heavy atom. The lowest BCUT2D eigenvalue weighted by molar-refractivity contribution is -0.123. The number of ether oxygens (including phenoxy) is 1. The standard InChI is InChI=1S/C24H28N2O4S/c1-3-4-7-16-25-24(27)18-30-22-13-11-21(12-14-22)26(2)31(28,29)23-15-10-19-8-5-6-9-20(19)17-23/h5-6,8-15,17H,3-4,7,16,18H2,1-2H3,(H,25,27). The molecule has 0 saturated carbocycles. The van der Waals surface area contributed by atoms with Gasteiger partial charge in [-0.15, -0.1) is 0 Å². The van der Waals surface area contributed by atoms with E-state index in [-0.39, 0.29) is 17.4 Å². The molecule has 0 aromatic heterocycles. The molecule has 0 aliphatic rings. The summed E-state index contributed by atoms with van der Waals surface area (Å²) in [6, 6.07) is 19.4. The van der Waals surface area contributed by atoms with Gasteiger partial charge in [0.1, 0.15) is 5.75 Å². The minimum Gasteiger partial charge on any atom is -0.484 e. The van der Waals surface area contributed by atoms with Crippen molar-refractivity contribution < 1.29 is 17.9 Å². The summed E-state index contributed by atoms with van der Waals surface area (Å²) in [5, 5.41) is 4.67. The van der Waals surface area contributed by atoms with Gasteiger partial charge in [0.05, 0.1) is 10.6 Å².